The van der Waals surface area contributed by atoms with Crippen molar-refractivity contribution in [3.8, 4) is 11.3 Å². The van der Waals surface area contributed by atoms with E-state index in [4.69, 9.17) is 5.73 Å². The van der Waals surface area contributed by atoms with Crippen molar-refractivity contribution in [2.75, 3.05) is 11.9 Å². The van der Waals surface area contributed by atoms with Gasteiger partial charge in [0.25, 0.3) is 0 Å². The van der Waals surface area contributed by atoms with Gasteiger partial charge in [-0.1, -0.05) is 38.1 Å². The molecule has 0 saturated heterocycles. The largest absolute Gasteiger partial charge is 0.329 e. The van der Waals surface area contributed by atoms with Crippen LogP contribution in [0.4, 0.5) is 5.13 Å². The number of halogens is 1. The summed E-state index contributed by atoms with van der Waals surface area (Å²) in [5.74, 6) is -0.0364. The summed E-state index contributed by atoms with van der Waals surface area (Å²) < 4.78 is 0. The van der Waals surface area contributed by atoms with E-state index in [1.807, 2.05) is 37.4 Å². The second-order valence-electron chi connectivity index (χ2n) is 5.50. The first-order chi connectivity index (χ1) is 10.6. The van der Waals surface area contributed by atoms with Crippen molar-refractivity contribution in [1.82, 2.24) is 4.98 Å². The number of benzene rings is 1. The van der Waals surface area contributed by atoms with E-state index >= 15 is 0 Å². The van der Waals surface area contributed by atoms with Gasteiger partial charge in [0, 0.05) is 17.5 Å². The highest BCUT2D eigenvalue weighted by atomic mass is 35.5. The molecule has 1 heterocycles. The Labute approximate surface area is 147 Å². The van der Waals surface area contributed by atoms with Gasteiger partial charge < -0.3 is 11.1 Å². The molecule has 0 fully saturated rings. The van der Waals surface area contributed by atoms with Crippen LogP contribution >= 0.6 is 23.7 Å². The monoisotopic (exact) mass is 353 g/mol. The van der Waals surface area contributed by atoms with Crippen molar-refractivity contribution in [3.63, 3.8) is 0 Å². The van der Waals surface area contributed by atoms with Gasteiger partial charge >= 0.3 is 0 Å². The molecule has 4 nitrogen and oxygen atoms in total. The Bertz CT molecular complexity index is 645. The number of nitrogens with one attached hydrogen (secondary N) is 1. The summed E-state index contributed by atoms with van der Waals surface area (Å²) in [5.41, 5.74) is 8.47. The minimum absolute atomic E-state index is 0. The third-order valence-electron chi connectivity index (χ3n) is 4.37. The predicted molar refractivity (Wildman–Crippen MR) is 100 cm³/mol. The zero-order chi connectivity index (χ0) is 16.2. The fourth-order valence-electron chi connectivity index (χ4n) is 2.50. The van der Waals surface area contributed by atoms with Crippen LogP contribution < -0.4 is 11.1 Å². The SMILES string of the molecule is CCC(CC)(CN)C(=O)Nc1nc(-c2ccccc2C)cs1.Cl. The normalized spacial score (nSPS) is 11.0. The first kappa shape index (κ1) is 19.6. The maximum atomic E-state index is 12.5. The number of carbonyl (C=O) groups is 1. The quantitative estimate of drug-likeness (QED) is 0.815. The van der Waals surface area contributed by atoms with Crippen LogP contribution in [0.25, 0.3) is 11.3 Å². The van der Waals surface area contributed by atoms with E-state index in [1.165, 1.54) is 16.9 Å². The minimum atomic E-state index is -0.505. The highest BCUT2D eigenvalue weighted by Gasteiger charge is 2.33. The third kappa shape index (κ3) is 4.10. The molecule has 23 heavy (non-hydrogen) atoms. The number of nitrogens with two attached hydrogens (primary N) is 1. The second-order valence-corrected chi connectivity index (χ2v) is 6.36. The van der Waals surface area contributed by atoms with Gasteiger partial charge in [0.05, 0.1) is 11.1 Å². The predicted octanol–water partition coefficient (Wildman–Crippen LogP) is 4.24. The number of amides is 1. The van der Waals surface area contributed by atoms with Crippen molar-refractivity contribution in [1.29, 1.82) is 0 Å². The summed E-state index contributed by atoms with van der Waals surface area (Å²) in [6.45, 7) is 6.40. The van der Waals surface area contributed by atoms with Gasteiger partial charge in [-0.05, 0) is 25.3 Å². The fraction of sp³-hybridized carbons (Fsp3) is 0.412. The molecule has 0 unspecified atom stereocenters. The number of aryl methyl sites for hydroxylation is 1. The van der Waals surface area contributed by atoms with E-state index in [9.17, 15) is 4.79 Å². The lowest BCUT2D eigenvalue weighted by atomic mass is 9.81. The number of hydrogen-bond donors (Lipinski definition) is 2. The van der Waals surface area contributed by atoms with E-state index in [1.54, 1.807) is 0 Å². The van der Waals surface area contributed by atoms with Crippen LogP contribution in [0, 0.1) is 12.3 Å². The van der Waals surface area contributed by atoms with Crippen LogP contribution in [0.5, 0.6) is 0 Å². The van der Waals surface area contributed by atoms with Gasteiger partial charge in [-0.2, -0.15) is 0 Å². The Hall–Kier alpha value is -1.43. The van der Waals surface area contributed by atoms with Gasteiger partial charge in [-0.25, -0.2) is 4.98 Å². The molecule has 1 amide bonds. The van der Waals surface area contributed by atoms with Gasteiger partial charge in [0.2, 0.25) is 5.91 Å². The number of thiazole rings is 1. The molecule has 0 aliphatic rings. The van der Waals surface area contributed by atoms with Crippen molar-refractivity contribution in [2.45, 2.75) is 33.6 Å². The molecule has 1 aromatic carbocycles. The first-order valence-corrected chi connectivity index (χ1v) is 8.47. The Morgan fingerprint density at radius 2 is 1.96 bits per heavy atom. The second kappa shape index (κ2) is 8.43. The lowest BCUT2D eigenvalue weighted by Crippen LogP contribution is -2.41. The lowest BCUT2D eigenvalue weighted by Gasteiger charge is -2.27. The molecular weight excluding hydrogens is 330 g/mol. The van der Waals surface area contributed by atoms with Crippen LogP contribution in [0.2, 0.25) is 0 Å². The summed E-state index contributed by atoms with van der Waals surface area (Å²) in [5, 5.41) is 5.53. The van der Waals surface area contributed by atoms with Crippen molar-refractivity contribution >= 4 is 34.8 Å². The van der Waals surface area contributed by atoms with Gasteiger partial charge in [-0.15, -0.1) is 23.7 Å². The topological polar surface area (TPSA) is 68.0 Å². The van der Waals surface area contributed by atoms with Crippen LogP contribution in [0.15, 0.2) is 29.6 Å². The fourth-order valence-corrected chi connectivity index (χ4v) is 3.20. The maximum Gasteiger partial charge on any atom is 0.233 e. The van der Waals surface area contributed by atoms with Crippen LogP contribution in [-0.2, 0) is 4.79 Å². The van der Waals surface area contributed by atoms with Crippen LogP contribution in [0.1, 0.15) is 32.3 Å². The van der Waals surface area contributed by atoms with Crippen LogP contribution in [-0.4, -0.2) is 17.4 Å². The molecule has 6 heteroatoms. The number of hydrogen-bond acceptors (Lipinski definition) is 4. The first-order valence-electron chi connectivity index (χ1n) is 7.59. The Balaban J connectivity index is 0.00000264. The molecule has 0 bridgehead atoms. The lowest BCUT2D eigenvalue weighted by molar-refractivity contribution is -0.125. The molecule has 0 saturated carbocycles. The van der Waals surface area contributed by atoms with E-state index in [2.05, 4.69) is 23.3 Å². The maximum absolute atomic E-state index is 12.5. The highest BCUT2D eigenvalue weighted by Crippen LogP contribution is 2.30. The van der Waals surface area contributed by atoms with Gasteiger partial charge in [-0.3, -0.25) is 4.79 Å². The molecule has 2 rings (SSSR count). The van der Waals surface area contributed by atoms with Gasteiger partial charge in [0.1, 0.15) is 0 Å². The summed E-state index contributed by atoms with van der Waals surface area (Å²) in [4.78, 5) is 17.1. The van der Waals surface area contributed by atoms with Crippen molar-refractivity contribution in [2.24, 2.45) is 11.1 Å². The molecular formula is C17H24ClN3OS. The zero-order valence-corrected chi connectivity index (χ0v) is 15.4. The Morgan fingerprint density at radius 1 is 1.30 bits per heavy atom. The molecule has 0 aliphatic heterocycles. The number of carbonyl (C=O) groups excluding carboxylic acids is 1. The van der Waals surface area contributed by atoms with Crippen molar-refractivity contribution < 1.29 is 4.79 Å². The molecule has 0 aliphatic carbocycles. The number of aromatic nitrogens is 1. The number of anilines is 1. The average molecular weight is 354 g/mol. The molecule has 3 N–H and O–H groups in total. The van der Waals surface area contributed by atoms with Crippen LogP contribution in [0.3, 0.4) is 0 Å². The smallest absolute Gasteiger partial charge is 0.233 e. The summed E-state index contributed by atoms with van der Waals surface area (Å²) in [6, 6.07) is 8.10. The molecule has 1 aromatic heterocycles. The van der Waals surface area contributed by atoms with E-state index in [-0.39, 0.29) is 18.3 Å². The Kier molecular flexibility index (Phi) is 7.19. The molecule has 2 aromatic rings. The summed E-state index contributed by atoms with van der Waals surface area (Å²) >= 11 is 1.45. The molecule has 0 spiro atoms. The zero-order valence-electron chi connectivity index (χ0n) is 13.8. The highest BCUT2D eigenvalue weighted by molar-refractivity contribution is 7.14. The Morgan fingerprint density at radius 3 is 2.52 bits per heavy atom. The molecule has 126 valence electrons. The van der Waals surface area contributed by atoms with Gasteiger partial charge in [0.15, 0.2) is 5.13 Å². The van der Waals surface area contributed by atoms with E-state index < -0.39 is 5.41 Å². The van der Waals surface area contributed by atoms with E-state index in [0.717, 1.165) is 24.1 Å². The van der Waals surface area contributed by atoms with E-state index in [0.29, 0.717) is 11.7 Å². The number of rotatable bonds is 6. The standard InChI is InChI=1S/C17H23N3OS.ClH/c1-4-17(5-2,11-18)15(21)20-16-19-14(10-22-16)13-9-7-6-8-12(13)3;/h6-10H,4-5,11,18H2,1-3H3,(H,19,20,21);1H. The van der Waals surface area contributed by atoms with Crippen molar-refractivity contribution in [3.05, 3.63) is 35.2 Å². The molecule has 0 radical (unpaired) electrons. The molecule has 0 atom stereocenters. The minimum Gasteiger partial charge on any atom is -0.329 e. The average Bonchev–Trinajstić information content (AvgIpc) is 2.98. The summed E-state index contributed by atoms with van der Waals surface area (Å²) in [7, 11) is 0. The number of nitrogens with zero attached hydrogens (tertiary/aromatic N) is 1. The summed E-state index contributed by atoms with van der Waals surface area (Å²) in [6.07, 6.45) is 1.45. The third-order valence-corrected chi connectivity index (χ3v) is 5.13.